The second-order valence-electron chi connectivity index (χ2n) is 6.22. The van der Waals surface area contributed by atoms with Crippen LogP contribution in [0.15, 0.2) is 18.5 Å². The number of rotatable bonds is 4. The van der Waals surface area contributed by atoms with E-state index in [9.17, 15) is 15.2 Å². The van der Waals surface area contributed by atoms with Crippen LogP contribution in [0.4, 0.5) is 5.82 Å². The zero-order valence-electron chi connectivity index (χ0n) is 13.6. The van der Waals surface area contributed by atoms with Crippen molar-refractivity contribution >= 4 is 17.2 Å². The van der Waals surface area contributed by atoms with Gasteiger partial charge in [-0.2, -0.15) is 10.4 Å². The van der Waals surface area contributed by atoms with Crippen molar-refractivity contribution in [3.8, 4) is 6.07 Å². The molecule has 0 bridgehead atoms. The molecule has 3 rings (SSSR count). The van der Waals surface area contributed by atoms with Crippen LogP contribution in [-0.4, -0.2) is 37.8 Å². The Morgan fingerprint density at radius 3 is 3.04 bits per heavy atom. The van der Waals surface area contributed by atoms with Gasteiger partial charge in [-0.25, -0.2) is 9.50 Å². The minimum atomic E-state index is -1.16. The number of fused-ring (bicyclic) bond motifs is 1. The number of anilines is 1. The van der Waals surface area contributed by atoms with Crippen molar-refractivity contribution in [2.75, 3.05) is 11.9 Å². The lowest BCUT2D eigenvalue weighted by atomic mass is 10.0. The van der Waals surface area contributed by atoms with Crippen LogP contribution in [0.2, 0.25) is 0 Å². The van der Waals surface area contributed by atoms with Crippen molar-refractivity contribution in [1.82, 2.24) is 14.6 Å². The zero-order chi connectivity index (χ0) is 17.3. The van der Waals surface area contributed by atoms with Crippen molar-refractivity contribution in [2.45, 2.75) is 38.4 Å². The fourth-order valence-corrected chi connectivity index (χ4v) is 2.75. The molecule has 8 nitrogen and oxygen atoms in total. The maximum absolute atomic E-state index is 11.9. The molecule has 0 radical (unpaired) electrons. The van der Waals surface area contributed by atoms with Gasteiger partial charge in [0, 0.05) is 5.92 Å². The Morgan fingerprint density at radius 1 is 1.62 bits per heavy atom. The highest BCUT2D eigenvalue weighted by molar-refractivity contribution is 5.94. The quantitative estimate of drug-likeness (QED) is 0.877. The lowest BCUT2D eigenvalue weighted by Crippen LogP contribution is -2.30. The summed E-state index contributed by atoms with van der Waals surface area (Å²) < 4.78 is 7.43. The van der Waals surface area contributed by atoms with Gasteiger partial charge in [0.2, 0.25) is 5.91 Å². The molecule has 8 heteroatoms. The van der Waals surface area contributed by atoms with Gasteiger partial charge in [-0.15, -0.1) is 0 Å². The fraction of sp³-hybridized carbons (Fsp3) is 0.500. The normalized spacial score (nSPS) is 23.5. The SMILES string of the molecule is CC(C)C(=O)Nc1ncnn2c(C3CC[C@@](C#N)(CO)O3)ccc12. The molecule has 3 heterocycles. The van der Waals surface area contributed by atoms with Crippen molar-refractivity contribution in [3.05, 3.63) is 24.2 Å². The number of amides is 1. The predicted molar refractivity (Wildman–Crippen MR) is 84.9 cm³/mol. The summed E-state index contributed by atoms with van der Waals surface area (Å²) in [4.78, 5) is 16.0. The first-order valence-electron chi connectivity index (χ1n) is 7.83. The monoisotopic (exact) mass is 329 g/mol. The standard InChI is InChI=1S/C16H19N5O3/c1-10(2)15(23)20-14-12-4-3-11(21(12)19-9-18-14)13-5-6-16(7-17,8-22)24-13/h3-4,9-10,13,22H,5-6,8H2,1-2H3,(H,18,19,20,23)/t13?,16-/m1/s1. The Kier molecular flexibility index (Phi) is 4.22. The van der Waals surface area contributed by atoms with Gasteiger partial charge in [0.15, 0.2) is 11.4 Å². The molecule has 0 spiro atoms. The molecule has 126 valence electrons. The van der Waals surface area contributed by atoms with Crippen LogP contribution in [-0.2, 0) is 9.53 Å². The second-order valence-corrected chi connectivity index (χ2v) is 6.22. The average Bonchev–Trinajstić information content (AvgIpc) is 3.19. The third kappa shape index (κ3) is 2.72. The number of nitrogens with zero attached hydrogens (tertiary/aromatic N) is 4. The van der Waals surface area contributed by atoms with Crippen molar-refractivity contribution in [2.24, 2.45) is 5.92 Å². The van der Waals surface area contributed by atoms with Gasteiger partial charge in [-0.1, -0.05) is 13.8 Å². The predicted octanol–water partition coefficient (Wildman–Crippen LogP) is 1.43. The summed E-state index contributed by atoms with van der Waals surface area (Å²) >= 11 is 0. The molecule has 1 fully saturated rings. The smallest absolute Gasteiger partial charge is 0.228 e. The Bertz CT molecular complexity index is 810. The summed E-state index contributed by atoms with van der Waals surface area (Å²) in [6, 6.07) is 5.69. The lowest BCUT2D eigenvalue weighted by molar-refractivity contribution is -0.118. The first-order valence-corrected chi connectivity index (χ1v) is 7.83. The van der Waals surface area contributed by atoms with Gasteiger partial charge in [-0.05, 0) is 25.0 Å². The lowest BCUT2D eigenvalue weighted by Gasteiger charge is -2.18. The molecule has 0 saturated carbocycles. The van der Waals surface area contributed by atoms with E-state index in [-0.39, 0.29) is 24.5 Å². The Morgan fingerprint density at radius 2 is 2.42 bits per heavy atom. The number of carbonyl (C=O) groups excluding carboxylic acids is 1. The molecule has 1 unspecified atom stereocenters. The first-order chi connectivity index (χ1) is 11.5. The average molecular weight is 329 g/mol. The fourth-order valence-electron chi connectivity index (χ4n) is 2.75. The number of nitriles is 1. The van der Waals surface area contributed by atoms with Crippen LogP contribution in [0, 0.1) is 17.2 Å². The van der Waals surface area contributed by atoms with Crippen LogP contribution in [0.25, 0.3) is 5.52 Å². The number of aromatic nitrogens is 3. The maximum atomic E-state index is 11.9. The molecule has 2 N–H and O–H groups in total. The van der Waals surface area contributed by atoms with Gasteiger partial charge >= 0.3 is 0 Å². The molecule has 1 aliphatic rings. The summed E-state index contributed by atoms with van der Waals surface area (Å²) in [6.07, 6.45) is 2.09. The van der Waals surface area contributed by atoms with E-state index in [0.29, 0.717) is 24.2 Å². The molecule has 1 saturated heterocycles. The Labute approximate surface area is 139 Å². The van der Waals surface area contributed by atoms with Gasteiger partial charge in [0.1, 0.15) is 24.0 Å². The molecule has 1 amide bonds. The van der Waals surface area contributed by atoms with Crippen LogP contribution >= 0.6 is 0 Å². The molecule has 2 atom stereocenters. The third-order valence-corrected chi connectivity index (χ3v) is 4.21. The zero-order valence-corrected chi connectivity index (χ0v) is 13.6. The highest BCUT2D eigenvalue weighted by Gasteiger charge is 2.41. The van der Waals surface area contributed by atoms with E-state index in [1.54, 1.807) is 24.4 Å². The molecule has 1 aliphatic heterocycles. The largest absolute Gasteiger partial charge is 0.392 e. The number of hydrogen-bond donors (Lipinski definition) is 2. The van der Waals surface area contributed by atoms with Crippen LogP contribution in [0.5, 0.6) is 0 Å². The molecule has 0 aliphatic carbocycles. The van der Waals surface area contributed by atoms with Gasteiger partial charge in [0.05, 0.1) is 12.3 Å². The molecule has 2 aromatic rings. The molecule has 0 aromatic carbocycles. The van der Waals surface area contributed by atoms with E-state index in [2.05, 4.69) is 15.4 Å². The van der Waals surface area contributed by atoms with Crippen LogP contribution < -0.4 is 5.32 Å². The van der Waals surface area contributed by atoms with Crippen LogP contribution in [0.1, 0.15) is 38.5 Å². The van der Waals surface area contributed by atoms with E-state index in [0.717, 1.165) is 5.69 Å². The van der Waals surface area contributed by atoms with Crippen molar-refractivity contribution in [3.63, 3.8) is 0 Å². The van der Waals surface area contributed by atoms with E-state index in [1.807, 2.05) is 12.1 Å². The van der Waals surface area contributed by atoms with Crippen LogP contribution in [0.3, 0.4) is 0 Å². The first kappa shape index (κ1) is 16.4. The summed E-state index contributed by atoms with van der Waals surface area (Å²) in [5.41, 5.74) is 0.262. The minimum absolute atomic E-state index is 0.126. The number of hydrogen-bond acceptors (Lipinski definition) is 6. The maximum Gasteiger partial charge on any atom is 0.228 e. The van der Waals surface area contributed by atoms with E-state index in [4.69, 9.17) is 4.74 Å². The summed E-state index contributed by atoms with van der Waals surface area (Å²) in [7, 11) is 0. The third-order valence-electron chi connectivity index (χ3n) is 4.21. The van der Waals surface area contributed by atoms with Gasteiger partial charge in [-0.3, -0.25) is 4.79 Å². The van der Waals surface area contributed by atoms with Gasteiger partial charge in [0.25, 0.3) is 0 Å². The summed E-state index contributed by atoms with van der Waals surface area (Å²) in [5.74, 6) is 0.148. The highest BCUT2D eigenvalue weighted by Crippen LogP contribution is 2.39. The second kappa shape index (κ2) is 6.19. The molecular formula is C16H19N5O3. The van der Waals surface area contributed by atoms with E-state index >= 15 is 0 Å². The van der Waals surface area contributed by atoms with E-state index in [1.165, 1.54) is 6.33 Å². The Hall–Kier alpha value is -2.50. The number of aliphatic hydroxyl groups is 1. The molecular weight excluding hydrogens is 310 g/mol. The highest BCUT2D eigenvalue weighted by atomic mass is 16.5. The number of ether oxygens (including phenoxy) is 1. The number of aliphatic hydroxyl groups excluding tert-OH is 1. The molecule has 2 aromatic heterocycles. The van der Waals surface area contributed by atoms with Crippen molar-refractivity contribution < 1.29 is 14.6 Å². The van der Waals surface area contributed by atoms with E-state index < -0.39 is 5.60 Å². The summed E-state index contributed by atoms with van der Waals surface area (Å²) in [6.45, 7) is 3.27. The summed E-state index contributed by atoms with van der Waals surface area (Å²) in [5, 5.41) is 25.6. The van der Waals surface area contributed by atoms with Crippen molar-refractivity contribution in [1.29, 1.82) is 5.26 Å². The number of nitrogens with one attached hydrogen (secondary N) is 1. The Balaban J connectivity index is 1.92. The topological polar surface area (TPSA) is 113 Å². The number of carbonyl (C=O) groups is 1. The van der Waals surface area contributed by atoms with Gasteiger partial charge < -0.3 is 15.2 Å². The minimum Gasteiger partial charge on any atom is -0.392 e. The molecule has 24 heavy (non-hydrogen) atoms.